The molecule has 0 radical (unpaired) electrons. The molecule has 0 saturated carbocycles. The lowest BCUT2D eigenvalue weighted by Gasteiger charge is -2.15. The van der Waals surface area contributed by atoms with Crippen molar-refractivity contribution in [2.24, 2.45) is 0 Å². The van der Waals surface area contributed by atoms with Crippen LogP contribution in [0, 0.1) is 0 Å². The molecule has 2 aromatic rings. The molecule has 1 N–H and O–H groups in total. The third-order valence-corrected chi connectivity index (χ3v) is 3.46. The molecule has 0 bridgehead atoms. The first kappa shape index (κ1) is 15.7. The van der Waals surface area contributed by atoms with Gasteiger partial charge in [0.15, 0.2) is 6.61 Å². The monoisotopic (exact) mass is 323 g/mol. The van der Waals surface area contributed by atoms with Crippen LogP contribution in [0.5, 0.6) is 5.75 Å². The second-order valence-electron chi connectivity index (χ2n) is 4.56. The maximum atomic E-state index is 11.9. The van der Waals surface area contributed by atoms with Gasteiger partial charge >= 0.3 is 0 Å². The zero-order valence-electron chi connectivity index (χ0n) is 11.5. The molecule has 1 amide bonds. The summed E-state index contributed by atoms with van der Waals surface area (Å²) in [7, 11) is 0. The summed E-state index contributed by atoms with van der Waals surface area (Å²) in [5, 5.41) is 3.77. The van der Waals surface area contributed by atoms with Gasteiger partial charge in [-0.05, 0) is 30.7 Å². The van der Waals surface area contributed by atoms with Gasteiger partial charge in [0.25, 0.3) is 5.91 Å². The van der Waals surface area contributed by atoms with Gasteiger partial charge in [-0.15, -0.1) is 0 Å². The number of nitrogens with one attached hydrogen (secondary N) is 1. The van der Waals surface area contributed by atoms with Crippen LogP contribution in [-0.2, 0) is 4.79 Å². The highest BCUT2D eigenvalue weighted by Gasteiger charge is 2.10. The number of benzene rings is 2. The zero-order chi connectivity index (χ0) is 15.2. The van der Waals surface area contributed by atoms with Crippen molar-refractivity contribution in [1.82, 2.24) is 5.32 Å². The van der Waals surface area contributed by atoms with E-state index in [4.69, 9.17) is 27.9 Å². The number of amides is 1. The van der Waals surface area contributed by atoms with Gasteiger partial charge in [-0.2, -0.15) is 0 Å². The molecule has 1 atom stereocenters. The summed E-state index contributed by atoms with van der Waals surface area (Å²) < 4.78 is 5.39. The quantitative estimate of drug-likeness (QED) is 0.893. The maximum absolute atomic E-state index is 11.9. The fourth-order valence-corrected chi connectivity index (χ4v) is 2.31. The summed E-state index contributed by atoms with van der Waals surface area (Å²) in [5.74, 6) is 0.223. The van der Waals surface area contributed by atoms with Crippen LogP contribution < -0.4 is 10.1 Å². The molecule has 0 aliphatic carbocycles. The predicted octanol–water partition coefficient (Wildman–Crippen LogP) is 4.25. The van der Waals surface area contributed by atoms with E-state index in [1.54, 1.807) is 18.2 Å². The Labute approximate surface area is 133 Å². The molecule has 2 aromatic carbocycles. The summed E-state index contributed by atoms with van der Waals surface area (Å²) in [6, 6.07) is 14.5. The molecule has 3 nitrogen and oxygen atoms in total. The third-order valence-electron chi connectivity index (χ3n) is 2.93. The molecule has 0 saturated heterocycles. The van der Waals surface area contributed by atoms with E-state index >= 15 is 0 Å². The van der Waals surface area contributed by atoms with Crippen LogP contribution in [-0.4, -0.2) is 12.5 Å². The van der Waals surface area contributed by atoms with Gasteiger partial charge in [0, 0.05) is 5.02 Å². The minimum atomic E-state index is -0.211. The summed E-state index contributed by atoms with van der Waals surface area (Å²) >= 11 is 11.8. The summed E-state index contributed by atoms with van der Waals surface area (Å²) in [5.41, 5.74) is 1.04. The molecule has 21 heavy (non-hydrogen) atoms. The van der Waals surface area contributed by atoms with Crippen molar-refractivity contribution in [1.29, 1.82) is 0 Å². The maximum Gasteiger partial charge on any atom is 0.258 e. The Bertz CT molecular complexity index is 617. The smallest absolute Gasteiger partial charge is 0.258 e. The van der Waals surface area contributed by atoms with E-state index in [0.717, 1.165) is 5.56 Å². The summed E-state index contributed by atoms with van der Waals surface area (Å²) in [6.07, 6.45) is 0. The Hall–Kier alpha value is -1.71. The van der Waals surface area contributed by atoms with Gasteiger partial charge in [-0.25, -0.2) is 0 Å². The van der Waals surface area contributed by atoms with E-state index in [0.29, 0.717) is 15.8 Å². The van der Waals surface area contributed by atoms with Crippen LogP contribution in [0.3, 0.4) is 0 Å². The number of hydrogen-bond acceptors (Lipinski definition) is 2. The average molecular weight is 324 g/mol. The average Bonchev–Trinajstić information content (AvgIpc) is 2.47. The van der Waals surface area contributed by atoms with Crippen LogP contribution in [0.25, 0.3) is 0 Å². The Balaban J connectivity index is 1.87. The number of carbonyl (C=O) groups excluding carboxylic acids is 1. The number of halogens is 2. The second kappa shape index (κ2) is 7.34. The van der Waals surface area contributed by atoms with Crippen LogP contribution in [0.4, 0.5) is 0 Å². The van der Waals surface area contributed by atoms with Crippen molar-refractivity contribution in [3.8, 4) is 5.75 Å². The number of rotatable bonds is 5. The van der Waals surface area contributed by atoms with E-state index < -0.39 is 0 Å². The van der Waals surface area contributed by atoms with Crippen LogP contribution >= 0.6 is 23.2 Å². The zero-order valence-corrected chi connectivity index (χ0v) is 13.0. The van der Waals surface area contributed by atoms with E-state index in [2.05, 4.69) is 5.32 Å². The highest BCUT2D eigenvalue weighted by molar-refractivity contribution is 6.35. The van der Waals surface area contributed by atoms with Gasteiger partial charge in [-0.1, -0.05) is 53.5 Å². The fourth-order valence-electron chi connectivity index (χ4n) is 1.84. The Morgan fingerprint density at radius 1 is 1.19 bits per heavy atom. The number of hydrogen-bond donors (Lipinski definition) is 1. The third kappa shape index (κ3) is 4.66. The van der Waals surface area contributed by atoms with Crippen molar-refractivity contribution >= 4 is 29.1 Å². The predicted molar refractivity (Wildman–Crippen MR) is 85.0 cm³/mol. The minimum Gasteiger partial charge on any atom is -0.482 e. The first-order chi connectivity index (χ1) is 10.1. The molecule has 0 heterocycles. The fraction of sp³-hybridized carbons (Fsp3) is 0.188. The molecule has 0 unspecified atom stereocenters. The largest absolute Gasteiger partial charge is 0.482 e. The van der Waals surface area contributed by atoms with Crippen molar-refractivity contribution in [2.75, 3.05) is 6.61 Å². The Morgan fingerprint density at radius 3 is 2.57 bits per heavy atom. The van der Waals surface area contributed by atoms with Crippen LogP contribution in [0.1, 0.15) is 18.5 Å². The molecule has 5 heteroatoms. The minimum absolute atomic E-state index is 0.0806. The molecule has 110 valence electrons. The first-order valence-corrected chi connectivity index (χ1v) is 7.24. The molecule has 0 aromatic heterocycles. The molecule has 2 rings (SSSR count). The van der Waals surface area contributed by atoms with E-state index in [1.807, 2.05) is 37.3 Å². The molecular formula is C16H15Cl2NO2. The van der Waals surface area contributed by atoms with Crippen LogP contribution in [0.15, 0.2) is 48.5 Å². The summed E-state index contributed by atoms with van der Waals surface area (Å²) in [6.45, 7) is 1.82. The lowest BCUT2D eigenvalue weighted by molar-refractivity contribution is -0.123. The Kier molecular flexibility index (Phi) is 5.48. The van der Waals surface area contributed by atoms with Gasteiger partial charge in [0.1, 0.15) is 5.75 Å². The van der Waals surface area contributed by atoms with Crippen molar-refractivity contribution in [3.05, 3.63) is 64.1 Å². The van der Waals surface area contributed by atoms with Gasteiger partial charge in [0.05, 0.1) is 11.1 Å². The lowest BCUT2D eigenvalue weighted by atomic mass is 10.1. The first-order valence-electron chi connectivity index (χ1n) is 6.48. The van der Waals surface area contributed by atoms with Gasteiger partial charge in [-0.3, -0.25) is 4.79 Å². The van der Waals surface area contributed by atoms with Crippen molar-refractivity contribution in [2.45, 2.75) is 13.0 Å². The number of carbonyl (C=O) groups is 1. The molecule has 0 aliphatic heterocycles. The van der Waals surface area contributed by atoms with E-state index in [9.17, 15) is 4.79 Å². The SMILES string of the molecule is C[C@H](NC(=O)COc1ccc(Cl)cc1Cl)c1ccccc1. The van der Waals surface area contributed by atoms with E-state index in [-0.39, 0.29) is 18.6 Å². The normalized spacial score (nSPS) is 11.8. The molecule has 0 fully saturated rings. The molecule has 0 spiro atoms. The highest BCUT2D eigenvalue weighted by atomic mass is 35.5. The Morgan fingerprint density at radius 2 is 1.90 bits per heavy atom. The van der Waals surface area contributed by atoms with E-state index in [1.165, 1.54) is 0 Å². The topological polar surface area (TPSA) is 38.3 Å². The van der Waals surface area contributed by atoms with Crippen molar-refractivity contribution < 1.29 is 9.53 Å². The lowest BCUT2D eigenvalue weighted by Crippen LogP contribution is -2.31. The van der Waals surface area contributed by atoms with Gasteiger partial charge < -0.3 is 10.1 Å². The molecular weight excluding hydrogens is 309 g/mol. The second-order valence-corrected chi connectivity index (χ2v) is 5.41. The molecule has 0 aliphatic rings. The van der Waals surface area contributed by atoms with Crippen molar-refractivity contribution in [3.63, 3.8) is 0 Å². The highest BCUT2D eigenvalue weighted by Crippen LogP contribution is 2.27. The summed E-state index contributed by atoms with van der Waals surface area (Å²) in [4.78, 5) is 11.9. The number of ether oxygens (including phenoxy) is 1. The van der Waals surface area contributed by atoms with Crippen LogP contribution in [0.2, 0.25) is 10.0 Å². The standard InChI is InChI=1S/C16H15Cl2NO2/c1-11(12-5-3-2-4-6-12)19-16(20)10-21-15-8-7-13(17)9-14(15)18/h2-9,11H,10H2,1H3,(H,19,20)/t11-/m0/s1. The van der Waals surface area contributed by atoms with Gasteiger partial charge in [0.2, 0.25) is 0 Å².